The Hall–Kier alpha value is -4.55. The third kappa shape index (κ3) is 5.58. The number of carbonyl (C=O) groups is 1. The van der Waals surface area contributed by atoms with Gasteiger partial charge in [-0.3, -0.25) is 9.69 Å². The summed E-state index contributed by atoms with van der Waals surface area (Å²) >= 11 is 0.800. The van der Waals surface area contributed by atoms with Gasteiger partial charge < -0.3 is 20.3 Å². The zero-order valence-electron chi connectivity index (χ0n) is 27.4. The van der Waals surface area contributed by atoms with E-state index in [9.17, 15) is 13.6 Å². The fourth-order valence-corrected chi connectivity index (χ4v) is 8.82. The normalized spacial score (nSPS) is 24.2. The molecule has 7 rings (SSSR count). The molecule has 0 unspecified atom stereocenters. The summed E-state index contributed by atoms with van der Waals surface area (Å²) in [5, 5.41) is 0.0804. The standard InChI is InChI=1S/C35H34F5N7O2S/c1-5-27(48)46-14-19(3)47(15-18(46)2)32-23-11-24(35(38,39)40)22(21-7-8-25(37)30-28(21)29(42-4)31(41)50-30)12-26(23)43-33(44-32)49-17-34-9-6-10-45(34)16-20(36)13-34/h5,7-8,11-12,18-20H,1,6,9-10,13-17,41H2,2-3H3/t18-,19+,20-,34+/m1/s1. The molecule has 15 heteroatoms. The van der Waals surface area contributed by atoms with E-state index < -0.39 is 29.3 Å². The Bertz CT molecular complexity index is 2080. The summed E-state index contributed by atoms with van der Waals surface area (Å²) in [6.45, 7) is 16.6. The highest BCUT2D eigenvalue weighted by atomic mass is 32.1. The molecule has 2 aromatic heterocycles. The average Bonchev–Trinajstić information content (AvgIpc) is 3.72. The second-order valence-corrected chi connectivity index (χ2v) is 14.4. The van der Waals surface area contributed by atoms with Gasteiger partial charge in [0.25, 0.3) is 0 Å². The maximum absolute atomic E-state index is 15.0. The third-order valence-corrected chi connectivity index (χ3v) is 11.3. The molecule has 4 aromatic rings. The molecule has 50 heavy (non-hydrogen) atoms. The summed E-state index contributed by atoms with van der Waals surface area (Å²) in [6, 6.07) is 3.74. The lowest BCUT2D eigenvalue weighted by Gasteiger charge is -2.44. The number of piperazine rings is 1. The van der Waals surface area contributed by atoms with E-state index in [-0.39, 0.29) is 92.3 Å². The first kappa shape index (κ1) is 33.9. The van der Waals surface area contributed by atoms with Crippen molar-refractivity contribution >= 4 is 54.7 Å². The SMILES string of the molecule is [C-]#[N+]c1c(N)sc2c(F)ccc(-c3cc4nc(OC[C@@]56CCCN5C[C@H](F)C6)nc(N5C[C@@H](C)N(C(=O)C=C)C[C@@H]5C)c4cc3C(F)(F)F)c12. The van der Waals surface area contributed by atoms with Crippen molar-refractivity contribution in [3.05, 3.63) is 59.7 Å². The number of nitrogens with two attached hydrogens (primary N) is 1. The number of rotatable bonds is 6. The summed E-state index contributed by atoms with van der Waals surface area (Å²) in [6.07, 6.45) is -2.72. The van der Waals surface area contributed by atoms with E-state index in [1.54, 1.807) is 4.90 Å². The second kappa shape index (κ2) is 12.3. The summed E-state index contributed by atoms with van der Waals surface area (Å²) in [5.74, 6) is -0.773. The van der Waals surface area contributed by atoms with E-state index in [1.807, 2.05) is 18.7 Å². The van der Waals surface area contributed by atoms with Crippen LogP contribution in [-0.2, 0) is 11.0 Å². The van der Waals surface area contributed by atoms with Gasteiger partial charge in [-0.25, -0.2) is 13.6 Å². The van der Waals surface area contributed by atoms with Gasteiger partial charge in [-0.1, -0.05) is 12.6 Å². The molecule has 4 atom stereocenters. The topological polar surface area (TPSA) is 92.2 Å². The molecule has 0 bridgehead atoms. The summed E-state index contributed by atoms with van der Waals surface area (Å²) in [5.41, 5.74) is 4.13. The number of anilines is 2. The first-order chi connectivity index (χ1) is 23.7. The molecule has 2 aromatic carbocycles. The minimum Gasteiger partial charge on any atom is -0.461 e. The molecule has 0 spiro atoms. The van der Waals surface area contributed by atoms with Crippen LogP contribution in [0.4, 0.5) is 38.5 Å². The van der Waals surface area contributed by atoms with E-state index in [4.69, 9.17) is 22.0 Å². The number of alkyl halides is 4. The van der Waals surface area contributed by atoms with Crippen molar-refractivity contribution in [1.29, 1.82) is 0 Å². The second-order valence-electron chi connectivity index (χ2n) is 13.4. The van der Waals surface area contributed by atoms with Crippen molar-refractivity contribution in [2.45, 2.75) is 63.1 Å². The highest BCUT2D eigenvalue weighted by molar-refractivity contribution is 7.23. The number of fused-ring (bicyclic) bond motifs is 3. The minimum absolute atomic E-state index is 0.00376. The number of carbonyl (C=O) groups excluding carboxylic acids is 1. The maximum Gasteiger partial charge on any atom is 0.417 e. The van der Waals surface area contributed by atoms with E-state index in [2.05, 4.69) is 21.3 Å². The van der Waals surface area contributed by atoms with Gasteiger partial charge in [0.2, 0.25) is 11.6 Å². The van der Waals surface area contributed by atoms with Crippen LogP contribution >= 0.6 is 11.3 Å². The van der Waals surface area contributed by atoms with Crippen molar-refractivity contribution in [2.75, 3.05) is 43.4 Å². The Kier molecular flexibility index (Phi) is 8.38. The Balaban J connectivity index is 1.42. The number of nitrogen functional groups attached to an aromatic ring is 1. The van der Waals surface area contributed by atoms with Gasteiger partial charge in [0.15, 0.2) is 0 Å². The number of amides is 1. The average molecular weight is 712 g/mol. The number of benzene rings is 2. The molecule has 1 amide bonds. The van der Waals surface area contributed by atoms with E-state index in [0.717, 1.165) is 42.9 Å². The number of aromatic nitrogens is 2. The van der Waals surface area contributed by atoms with Gasteiger partial charge in [0.1, 0.15) is 24.4 Å². The fourth-order valence-electron chi connectivity index (χ4n) is 7.88. The van der Waals surface area contributed by atoms with Crippen molar-refractivity contribution < 1.29 is 31.5 Å². The minimum atomic E-state index is -4.87. The largest absolute Gasteiger partial charge is 0.461 e. The number of hydrogen-bond acceptors (Lipinski definition) is 8. The molecule has 3 aliphatic rings. The van der Waals surface area contributed by atoms with Gasteiger partial charge in [0, 0.05) is 48.9 Å². The number of halogens is 5. The highest BCUT2D eigenvalue weighted by Gasteiger charge is 2.49. The van der Waals surface area contributed by atoms with Crippen molar-refractivity contribution in [3.63, 3.8) is 0 Å². The Morgan fingerprint density at radius 3 is 2.70 bits per heavy atom. The Labute approximate surface area is 288 Å². The third-order valence-electron chi connectivity index (χ3n) is 10.2. The molecule has 0 saturated carbocycles. The Morgan fingerprint density at radius 2 is 1.98 bits per heavy atom. The van der Waals surface area contributed by atoms with Gasteiger partial charge in [-0.05, 0) is 68.6 Å². The fraction of sp³-hybridized carbons (Fsp3) is 0.429. The van der Waals surface area contributed by atoms with Crippen LogP contribution in [0.3, 0.4) is 0 Å². The quantitative estimate of drug-likeness (QED) is 0.127. The van der Waals surface area contributed by atoms with Crippen molar-refractivity contribution in [3.8, 4) is 17.1 Å². The Morgan fingerprint density at radius 1 is 1.20 bits per heavy atom. The molecule has 3 saturated heterocycles. The molecular formula is C35H34F5N7O2S. The van der Waals surface area contributed by atoms with Crippen LogP contribution in [0.2, 0.25) is 0 Å². The van der Waals surface area contributed by atoms with Crippen LogP contribution in [0, 0.1) is 12.4 Å². The van der Waals surface area contributed by atoms with Crippen LogP contribution in [-0.4, -0.2) is 82.3 Å². The number of ether oxygens (including phenoxy) is 1. The van der Waals surface area contributed by atoms with E-state index >= 15 is 13.2 Å². The first-order valence-electron chi connectivity index (χ1n) is 16.3. The highest BCUT2D eigenvalue weighted by Crippen LogP contribution is 2.50. The van der Waals surface area contributed by atoms with Crippen molar-refractivity contribution in [2.24, 2.45) is 0 Å². The molecule has 9 nitrogen and oxygen atoms in total. The number of thiophene rings is 1. The molecular weight excluding hydrogens is 677 g/mol. The number of hydrogen-bond donors (Lipinski definition) is 1. The van der Waals surface area contributed by atoms with Gasteiger partial charge >= 0.3 is 12.2 Å². The summed E-state index contributed by atoms with van der Waals surface area (Å²) in [7, 11) is 0. The summed E-state index contributed by atoms with van der Waals surface area (Å²) in [4.78, 5) is 30.9. The van der Waals surface area contributed by atoms with Crippen LogP contribution in [0.1, 0.15) is 38.7 Å². The molecule has 3 aliphatic heterocycles. The first-order valence-corrected chi connectivity index (χ1v) is 17.1. The van der Waals surface area contributed by atoms with Crippen LogP contribution < -0.4 is 15.4 Å². The monoisotopic (exact) mass is 711 g/mol. The molecule has 3 fully saturated rings. The zero-order chi connectivity index (χ0) is 35.7. The zero-order valence-corrected chi connectivity index (χ0v) is 28.2. The predicted molar refractivity (Wildman–Crippen MR) is 183 cm³/mol. The predicted octanol–water partition coefficient (Wildman–Crippen LogP) is 7.37. The molecule has 0 radical (unpaired) electrons. The summed E-state index contributed by atoms with van der Waals surface area (Å²) < 4.78 is 80.8. The molecule has 0 aliphatic carbocycles. The van der Waals surface area contributed by atoms with Crippen LogP contribution in [0.5, 0.6) is 6.01 Å². The maximum atomic E-state index is 15.0. The van der Waals surface area contributed by atoms with Crippen molar-refractivity contribution in [1.82, 2.24) is 19.8 Å². The molecule has 2 N–H and O–H groups in total. The van der Waals surface area contributed by atoms with Gasteiger partial charge in [-0.2, -0.15) is 23.1 Å². The van der Waals surface area contributed by atoms with Gasteiger partial charge in [0.05, 0.1) is 32.9 Å². The van der Waals surface area contributed by atoms with Crippen LogP contribution in [0.25, 0.3) is 37.0 Å². The van der Waals surface area contributed by atoms with Crippen LogP contribution in [0.15, 0.2) is 36.9 Å². The lowest BCUT2D eigenvalue weighted by Crippen LogP contribution is -2.58. The lowest BCUT2D eigenvalue weighted by atomic mass is 9.94. The smallest absolute Gasteiger partial charge is 0.417 e. The molecule has 262 valence electrons. The lowest BCUT2D eigenvalue weighted by molar-refractivity contribution is -0.137. The van der Waals surface area contributed by atoms with E-state index in [1.165, 1.54) is 18.2 Å². The number of nitrogens with zero attached hydrogens (tertiary/aromatic N) is 6. The molecule has 5 heterocycles. The van der Waals surface area contributed by atoms with E-state index in [0.29, 0.717) is 13.0 Å². The van der Waals surface area contributed by atoms with Gasteiger partial charge in [-0.15, -0.1) is 11.3 Å².